The van der Waals surface area contributed by atoms with Crippen LogP contribution in [0.2, 0.25) is 0 Å². The number of benzene rings is 2. The van der Waals surface area contributed by atoms with E-state index >= 15 is 0 Å². The Kier molecular flexibility index (Phi) is 5.32. The summed E-state index contributed by atoms with van der Waals surface area (Å²) < 4.78 is 11.4. The van der Waals surface area contributed by atoms with Crippen LogP contribution in [0.3, 0.4) is 0 Å². The van der Waals surface area contributed by atoms with Crippen molar-refractivity contribution in [2.45, 2.75) is 20.0 Å². The van der Waals surface area contributed by atoms with Gasteiger partial charge in [0.2, 0.25) is 17.5 Å². The molecule has 0 spiro atoms. The molecule has 0 aliphatic rings. The number of rotatable bonds is 7. The number of para-hydroxylation sites is 1. The zero-order valence-corrected chi connectivity index (χ0v) is 14.0. The molecule has 0 saturated heterocycles. The van der Waals surface area contributed by atoms with Gasteiger partial charge in [-0.1, -0.05) is 48.5 Å². The largest absolute Gasteiger partial charge is 0.484 e. The summed E-state index contributed by atoms with van der Waals surface area (Å²) in [5.74, 6) is 1.54. The summed E-state index contributed by atoms with van der Waals surface area (Å²) in [7, 11) is 0. The minimum atomic E-state index is 0.180. The third-order valence-corrected chi connectivity index (χ3v) is 3.76. The molecule has 0 unspecified atom stereocenters. The first-order valence-corrected chi connectivity index (χ1v) is 8.12. The van der Waals surface area contributed by atoms with Gasteiger partial charge in [-0.3, -0.25) is 0 Å². The smallest absolute Gasteiger partial charge is 0.236 e. The molecule has 5 heteroatoms. The lowest BCUT2D eigenvalue weighted by Crippen LogP contribution is -2.05. The van der Waals surface area contributed by atoms with Gasteiger partial charge >= 0.3 is 0 Å². The lowest BCUT2D eigenvalue weighted by Gasteiger charge is -2.06. The van der Waals surface area contributed by atoms with Crippen molar-refractivity contribution in [2.24, 2.45) is 0 Å². The number of aryl methyl sites for hydroxylation is 1. The van der Waals surface area contributed by atoms with Gasteiger partial charge in [-0.05, 0) is 30.5 Å². The number of nitrogens with zero attached hydrogens (tertiary/aromatic N) is 2. The highest BCUT2D eigenvalue weighted by molar-refractivity contribution is 5.45. The molecule has 0 fully saturated rings. The van der Waals surface area contributed by atoms with Crippen molar-refractivity contribution in [3.05, 3.63) is 77.3 Å². The van der Waals surface area contributed by atoms with Crippen LogP contribution in [0.15, 0.2) is 59.0 Å². The molecule has 1 N–H and O–H groups in total. The lowest BCUT2D eigenvalue weighted by atomic mass is 10.1. The van der Waals surface area contributed by atoms with Crippen molar-refractivity contribution < 1.29 is 9.15 Å². The highest BCUT2D eigenvalue weighted by Crippen LogP contribution is 2.20. The maximum atomic E-state index is 9.22. The van der Waals surface area contributed by atoms with Crippen molar-refractivity contribution >= 4 is 5.88 Å². The van der Waals surface area contributed by atoms with Crippen LogP contribution in [0.5, 0.6) is 5.75 Å². The van der Waals surface area contributed by atoms with E-state index in [4.69, 9.17) is 9.15 Å². The molecule has 0 saturated carbocycles. The maximum absolute atomic E-state index is 9.22. The normalized spacial score (nSPS) is 10.2. The summed E-state index contributed by atoms with van der Waals surface area (Å²) in [4.78, 5) is 4.18. The summed E-state index contributed by atoms with van der Waals surface area (Å²) in [6.45, 7) is 2.81. The Morgan fingerprint density at radius 2 is 1.88 bits per heavy atom. The lowest BCUT2D eigenvalue weighted by molar-refractivity contribution is 0.263. The van der Waals surface area contributed by atoms with E-state index in [1.54, 1.807) is 0 Å². The third kappa shape index (κ3) is 4.39. The Bertz CT molecular complexity index is 866. The van der Waals surface area contributed by atoms with Gasteiger partial charge in [0, 0.05) is 6.54 Å². The maximum Gasteiger partial charge on any atom is 0.236 e. The summed E-state index contributed by atoms with van der Waals surface area (Å²) >= 11 is 0. The van der Waals surface area contributed by atoms with Crippen LogP contribution in [0.1, 0.15) is 22.7 Å². The van der Waals surface area contributed by atoms with Crippen LogP contribution in [-0.2, 0) is 13.0 Å². The number of ether oxygens (including phenoxy) is 1. The Morgan fingerprint density at radius 3 is 2.64 bits per heavy atom. The second-order valence-corrected chi connectivity index (χ2v) is 5.61. The van der Waals surface area contributed by atoms with Gasteiger partial charge in [0.15, 0.2) is 6.61 Å². The fourth-order valence-electron chi connectivity index (χ4n) is 2.44. The number of anilines is 1. The highest BCUT2D eigenvalue weighted by atomic mass is 16.5. The van der Waals surface area contributed by atoms with E-state index in [2.05, 4.69) is 28.5 Å². The van der Waals surface area contributed by atoms with Gasteiger partial charge in [0.25, 0.3) is 0 Å². The molecule has 3 aromatic rings. The quantitative estimate of drug-likeness (QED) is 0.705. The fourth-order valence-corrected chi connectivity index (χ4v) is 2.44. The van der Waals surface area contributed by atoms with Gasteiger partial charge in [-0.15, -0.1) is 0 Å². The summed E-state index contributed by atoms with van der Waals surface area (Å²) in [5, 5.41) is 12.4. The van der Waals surface area contributed by atoms with E-state index in [9.17, 15) is 5.26 Å². The molecule has 2 aromatic carbocycles. The molecule has 0 atom stereocenters. The molecular formula is C20H19N3O2. The molecule has 1 heterocycles. The second kappa shape index (κ2) is 8.02. The van der Waals surface area contributed by atoms with Crippen LogP contribution < -0.4 is 10.1 Å². The van der Waals surface area contributed by atoms with Crippen molar-refractivity contribution in [2.75, 3.05) is 11.9 Å². The SMILES string of the molecule is Cc1ccccc1OCc1nc(C#N)c(NCCc2ccccc2)o1. The van der Waals surface area contributed by atoms with E-state index in [0.29, 0.717) is 18.3 Å². The number of oxazole rings is 1. The van der Waals surface area contributed by atoms with E-state index in [-0.39, 0.29) is 12.3 Å². The van der Waals surface area contributed by atoms with Crippen LogP contribution in [0, 0.1) is 18.3 Å². The van der Waals surface area contributed by atoms with Gasteiger partial charge in [-0.25, -0.2) is 0 Å². The average molecular weight is 333 g/mol. The molecule has 1 aromatic heterocycles. The molecular weight excluding hydrogens is 314 g/mol. The Morgan fingerprint density at radius 1 is 1.12 bits per heavy atom. The molecule has 5 nitrogen and oxygen atoms in total. The van der Waals surface area contributed by atoms with Gasteiger partial charge in [0.05, 0.1) is 0 Å². The zero-order chi connectivity index (χ0) is 17.5. The first-order valence-electron chi connectivity index (χ1n) is 8.12. The third-order valence-electron chi connectivity index (χ3n) is 3.76. The van der Waals surface area contributed by atoms with Crippen molar-refractivity contribution in [3.8, 4) is 11.8 Å². The molecule has 0 amide bonds. The number of aromatic nitrogens is 1. The molecule has 0 aliphatic heterocycles. The predicted molar refractivity (Wildman–Crippen MR) is 95.4 cm³/mol. The van der Waals surface area contributed by atoms with E-state index in [0.717, 1.165) is 17.7 Å². The topological polar surface area (TPSA) is 71.1 Å². The average Bonchev–Trinajstić information content (AvgIpc) is 3.04. The van der Waals surface area contributed by atoms with E-state index < -0.39 is 0 Å². The molecule has 3 rings (SSSR count). The van der Waals surface area contributed by atoms with E-state index in [1.165, 1.54) is 5.56 Å². The van der Waals surface area contributed by atoms with Crippen LogP contribution in [0.25, 0.3) is 0 Å². The number of nitrogens with one attached hydrogen (secondary N) is 1. The first-order chi connectivity index (χ1) is 12.3. The molecule has 25 heavy (non-hydrogen) atoms. The zero-order valence-electron chi connectivity index (χ0n) is 14.0. The predicted octanol–water partition coefficient (Wildman–Crippen LogP) is 4.09. The minimum Gasteiger partial charge on any atom is -0.484 e. The first kappa shape index (κ1) is 16.6. The number of nitriles is 1. The van der Waals surface area contributed by atoms with Crippen LogP contribution in [0.4, 0.5) is 5.88 Å². The molecule has 0 aliphatic carbocycles. The van der Waals surface area contributed by atoms with Crippen LogP contribution >= 0.6 is 0 Å². The Labute approximate surface area is 146 Å². The van der Waals surface area contributed by atoms with Gasteiger partial charge < -0.3 is 14.5 Å². The van der Waals surface area contributed by atoms with Crippen LogP contribution in [-0.4, -0.2) is 11.5 Å². The van der Waals surface area contributed by atoms with Gasteiger partial charge in [-0.2, -0.15) is 10.2 Å². The van der Waals surface area contributed by atoms with Crippen molar-refractivity contribution in [1.82, 2.24) is 4.98 Å². The second-order valence-electron chi connectivity index (χ2n) is 5.61. The Hall–Kier alpha value is -3.26. The fraction of sp³-hybridized carbons (Fsp3) is 0.200. The van der Waals surface area contributed by atoms with Crippen molar-refractivity contribution in [3.63, 3.8) is 0 Å². The number of hydrogen-bond acceptors (Lipinski definition) is 5. The standard InChI is InChI=1S/C20H19N3O2/c1-15-7-5-6-10-18(15)24-14-19-23-17(13-21)20(25-19)22-12-11-16-8-3-2-4-9-16/h2-10,22H,11-12,14H2,1H3. The summed E-state index contributed by atoms with van der Waals surface area (Å²) in [5.41, 5.74) is 2.50. The number of hydrogen-bond donors (Lipinski definition) is 1. The van der Waals surface area contributed by atoms with E-state index in [1.807, 2.05) is 49.4 Å². The summed E-state index contributed by atoms with van der Waals surface area (Å²) in [6.07, 6.45) is 0.835. The highest BCUT2D eigenvalue weighted by Gasteiger charge is 2.13. The monoisotopic (exact) mass is 333 g/mol. The molecule has 0 radical (unpaired) electrons. The van der Waals surface area contributed by atoms with Crippen molar-refractivity contribution in [1.29, 1.82) is 5.26 Å². The van der Waals surface area contributed by atoms with Gasteiger partial charge in [0.1, 0.15) is 11.8 Å². The summed E-state index contributed by atoms with van der Waals surface area (Å²) in [6, 6.07) is 19.9. The molecule has 0 bridgehead atoms. The Balaban J connectivity index is 1.59. The molecule has 126 valence electrons. The minimum absolute atomic E-state index is 0.180.